The summed E-state index contributed by atoms with van der Waals surface area (Å²) in [7, 11) is 0. The van der Waals surface area contributed by atoms with Crippen molar-refractivity contribution in [2.45, 2.75) is 20.8 Å². The molecule has 2 aromatic rings. The number of anilines is 2. The number of nitrogens with two attached hydrogens (primary N) is 2. The predicted molar refractivity (Wildman–Crippen MR) is 68.3 cm³/mol. The van der Waals surface area contributed by atoms with Gasteiger partial charge in [0.2, 0.25) is 0 Å². The SMILES string of the molecule is Cc1cc(C)c(-c2nc(N)cc(N)n2)c(C)n1. The van der Waals surface area contributed by atoms with Gasteiger partial charge in [-0.2, -0.15) is 0 Å². The highest BCUT2D eigenvalue weighted by molar-refractivity contribution is 5.65. The van der Waals surface area contributed by atoms with Gasteiger partial charge in [-0.1, -0.05) is 0 Å². The average molecular weight is 229 g/mol. The van der Waals surface area contributed by atoms with Crippen molar-refractivity contribution in [3.63, 3.8) is 0 Å². The summed E-state index contributed by atoms with van der Waals surface area (Å²) >= 11 is 0. The van der Waals surface area contributed by atoms with Crippen LogP contribution in [0.15, 0.2) is 12.1 Å². The summed E-state index contributed by atoms with van der Waals surface area (Å²) in [6.07, 6.45) is 0. The predicted octanol–water partition coefficient (Wildman–Crippen LogP) is 1.63. The third-order valence-corrected chi connectivity index (χ3v) is 2.51. The molecule has 0 amide bonds. The summed E-state index contributed by atoms with van der Waals surface area (Å²) in [4.78, 5) is 12.8. The molecule has 5 nitrogen and oxygen atoms in total. The molecular formula is C12H15N5. The Morgan fingerprint density at radius 3 is 2.00 bits per heavy atom. The molecule has 0 aromatic carbocycles. The molecule has 0 atom stereocenters. The summed E-state index contributed by atoms with van der Waals surface area (Å²) in [6.45, 7) is 5.89. The molecule has 0 saturated heterocycles. The summed E-state index contributed by atoms with van der Waals surface area (Å²) < 4.78 is 0. The lowest BCUT2D eigenvalue weighted by molar-refractivity contribution is 1.08. The Morgan fingerprint density at radius 2 is 1.47 bits per heavy atom. The Bertz CT molecular complexity index is 534. The van der Waals surface area contributed by atoms with Crippen molar-refractivity contribution >= 4 is 11.6 Å². The van der Waals surface area contributed by atoms with Gasteiger partial charge in [-0.05, 0) is 32.4 Å². The first-order valence-electron chi connectivity index (χ1n) is 5.32. The summed E-state index contributed by atoms with van der Waals surface area (Å²) in [6, 6.07) is 3.53. The third kappa shape index (κ3) is 2.18. The van der Waals surface area contributed by atoms with E-state index in [1.54, 1.807) is 0 Å². The number of aromatic nitrogens is 3. The maximum Gasteiger partial charge on any atom is 0.165 e. The van der Waals surface area contributed by atoms with Gasteiger partial charge in [-0.15, -0.1) is 0 Å². The average Bonchev–Trinajstić information content (AvgIpc) is 2.13. The van der Waals surface area contributed by atoms with E-state index in [4.69, 9.17) is 11.5 Å². The van der Waals surface area contributed by atoms with Crippen molar-refractivity contribution in [2.24, 2.45) is 0 Å². The molecule has 2 aromatic heterocycles. The van der Waals surface area contributed by atoms with Crippen LogP contribution in [0.4, 0.5) is 11.6 Å². The molecule has 0 fully saturated rings. The highest BCUT2D eigenvalue weighted by atomic mass is 15.0. The topological polar surface area (TPSA) is 90.7 Å². The van der Waals surface area contributed by atoms with E-state index in [0.29, 0.717) is 17.5 Å². The fraction of sp³-hybridized carbons (Fsp3) is 0.250. The van der Waals surface area contributed by atoms with Crippen LogP contribution in [0.1, 0.15) is 17.0 Å². The van der Waals surface area contributed by atoms with E-state index in [1.165, 1.54) is 6.07 Å². The van der Waals surface area contributed by atoms with Gasteiger partial charge >= 0.3 is 0 Å². The molecule has 0 radical (unpaired) electrons. The van der Waals surface area contributed by atoms with Crippen LogP contribution < -0.4 is 11.5 Å². The second kappa shape index (κ2) is 4.01. The molecule has 0 saturated carbocycles. The van der Waals surface area contributed by atoms with Crippen LogP contribution in [-0.2, 0) is 0 Å². The minimum absolute atomic E-state index is 0.367. The molecule has 0 aliphatic carbocycles. The van der Waals surface area contributed by atoms with Crippen LogP contribution in [-0.4, -0.2) is 15.0 Å². The number of nitrogen functional groups attached to an aromatic ring is 2. The lowest BCUT2D eigenvalue weighted by Crippen LogP contribution is -2.03. The zero-order valence-electron chi connectivity index (χ0n) is 10.2. The van der Waals surface area contributed by atoms with Gasteiger partial charge in [0.15, 0.2) is 5.82 Å². The van der Waals surface area contributed by atoms with Gasteiger partial charge in [-0.3, -0.25) is 4.98 Å². The quantitative estimate of drug-likeness (QED) is 0.775. The van der Waals surface area contributed by atoms with Gasteiger partial charge < -0.3 is 11.5 Å². The second-order valence-electron chi connectivity index (χ2n) is 4.08. The molecule has 5 heteroatoms. The van der Waals surface area contributed by atoms with Crippen molar-refractivity contribution in [1.82, 2.24) is 15.0 Å². The first-order valence-corrected chi connectivity index (χ1v) is 5.32. The molecule has 2 rings (SSSR count). The molecule has 0 aliphatic heterocycles. The van der Waals surface area contributed by atoms with E-state index in [2.05, 4.69) is 15.0 Å². The fourth-order valence-corrected chi connectivity index (χ4v) is 1.96. The first kappa shape index (κ1) is 11.3. The standard InChI is InChI=1S/C12H15N5/c1-6-4-7(2)15-8(3)11(6)12-16-9(13)5-10(14)17-12/h4-5H,1-3H3,(H4,13,14,16,17). The first-order chi connectivity index (χ1) is 7.97. The number of rotatable bonds is 1. The van der Waals surface area contributed by atoms with Gasteiger partial charge in [0.25, 0.3) is 0 Å². The van der Waals surface area contributed by atoms with E-state index in [0.717, 1.165) is 22.5 Å². The largest absolute Gasteiger partial charge is 0.384 e. The zero-order chi connectivity index (χ0) is 12.6. The van der Waals surface area contributed by atoms with E-state index in [-0.39, 0.29) is 0 Å². The van der Waals surface area contributed by atoms with Gasteiger partial charge in [0, 0.05) is 23.0 Å². The fourth-order valence-electron chi connectivity index (χ4n) is 1.96. The van der Waals surface area contributed by atoms with Gasteiger partial charge in [-0.25, -0.2) is 9.97 Å². The van der Waals surface area contributed by atoms with Crippen LogP contribution in [0.3, 0.4) is 0 Å². The zero-order valence-corrected chi connectivity index (χ0v) is 10.2. The minimum atomic E-state index is 0.367. The smallest absolute Gasteiger partial charge is 0.165 e. The van der Waals surface area contributed by atoms with E-state index >= 15 is 0 Å². The molecule has 88 valence electrons. The maximum atomic E-state index is 5.68. The van der Waals surface area contributed by atoms with Gasteiger partial charge in [0.1, 0.15) is 11.6 Å². The van der Waals surface area contributed by atoms with E-state index in [9.17, 15) is 0 Å². The van der Waals surface area contributed by atoms with Crippen LogP contribution in [0.2, 0.25) is 0 Å². The van der Waals surface area contributed by atoms with Crippen molar-refractivity contribution in [2.75, 3.05) is 11.5 Å². The maximum absolute atomic E-state index is 5.68. The van der Waals surface area contributed by atoms with E-state index < -0.39 is 0 Å². The van der Waals surface area contributed by atoms with Gasteiger partial charge in [0.05, 0.1) is 0 Å². The molecule has 17 heavy (non-hydrogen) atoms. The summed E-state index contributed by atoms with van der Waals surface area (Å²) in [5, 5.41) is 0. The Balaban J connectivity index is 2.68. The number of nitrogens with zero attached hydrogens (tertiary/aromatic N) is 3. The number of pyridine rings is 1. The molecule has 2 heterocycles. The summed E-state index contributed by atoms with van der Waals surface area (Å²) in [5.74, 6) is 1.27. The Labute approximate surface area is 99.9 Å². The molecule has 0 bridgehead atoms. The van der Waals surface area contributed by atoms with Crippen LogP contribution in [0, 0.1) is 20.8 Å². The van der Waals surface area contributed by atoms with Crippen molar-refractivity contribution in [3.05, 3.63) is 29.1 Å². The number of aryl methyl sites for hydroxylation is 3. The highest BCUT2D eigenvalue weighted by Crippen LogP contribution is 2.24. The summed E-state index contributed by atoms with van der Waals surface area (Å²) in [5.41, 5.74) is 15.2. The molecule has 0 aliphatic rings. The van der Waals surface area contributed by atoms with Crippen LogP contribution in [0.25, 0.3) is 11.4 Å². The van der Waals surface area contributed by atoms with Crippen molar-refractivity contribution < 1.29 is 0 Å². The highest BCUT2D eigenvalue weighted by Gasteiger charge is 2.11. The molecule has 0 unspecified atom stereocenters. The third-order valence-electron chi connectivity index (χ3n) is 2.51. The van der Waals surface area contributed by atoms with Crippen molar-refractivity contribution in [3.8, 4) is 11.4 Å². The van der Waals surface area contributed by atoms with Crippen LogP contribution >= 0.6 is 0 Å². The lowest BCUT2D eigenvalue weighted by atomic mass is 10.1. The Kier molecular flexibility index (Phi) is 2.67. The molecule has 4 N–H and O–H groups in total. The molecule has 0 spiro atoms. The second-order valence-corrected chi connectivity index (χ2v) is 4.08. The Hall–Kier alpha value is -2.17. The number of hydrogen-bond donors (Lipinski definition) is 2. The molecular weight excluding hydrogens is 214 g/mol. The normalized spacial score (nSPS) is 10.5. The monoisotopic (exact) mass is 229 g/mol. The van der Waals surface area contributed by atoms with E-state index in [1.807, 2.05) is 26.8 Å². The van der Waals surface area contributed by atoms with Crippen LogP contribution in [0.5, 0.6) is 0 Å². The minimum Gasteiger partial charge on any atom is -0.384 e. The number of hydrogen-bond acceptors (Lipinski definition) is 5. The van der Waals surface area contributed by atoms with Crippen molar-refractivity contribution in [1.29, 1.82) is 0 Å². The Morgan fingerprint density at radius 1 is 0.882 bits per heavy atom. The lowest BCUT2D eigenvalue weighted by Gasteiger charge is -2.10.